The van der Waals surface area contributed by atoms with Crippen molar-refractivity contribution in [2.75, 3.05) is 13.2 Å². The number of aliphatic hydroxyl groups excluding tert-OH is 1. The number of amides is 1. The third-order valence-electron chi connectivity index (χ3n) is 7.39. The van der Waals surface area contributed by atoms with Crippen molar-refractivity contribution < 1.29 is 42.8 Å². The first-order valence-corrected chi connectivity index (χ1v) is 15.4. The second-order valence-corrected chi connectivity index (χ2v) is 11.1. The van der Waals surface area contributed by atoms with Gasteiger partial charge in [-0.05, 0) is 78.9 Å². The normalized spacial score (nSPS) is 12.1. The molecule has 0 aliphatic rings. The van der Waals surface area contributed by atoms with Gasteiger partial charge in [0.25, 0.3) is 0 Å². The van der Waals surface area contributed by atoms with Crippen molar-refractivity contribution in [3.8, 4) is 17.2 Å². The quantitative estimate of drug-likeness (QED) is 0.101. The van der Waals surface area contributed by atoms with E-state index in [1.165, 1.54) is 10.8 Å². The van der Waals surface area contributed by atoms with Crippen LogP contribution in [0, 0.1) is 6.92 Å². The number of benzene rings is 5. The first kappa shape index (κ1) is 38.3. The number of carbonyl (C=O) groups is 2. The fourth-order valence-corrected chi connectivity index (χ4v) is 4.81. The fraction of sp³-hybridized carbons (Fsp3) is 0.243. The third-order valence-corrected chi connectivity index (χ3v) is 7.39. The van der Waals surface area contributed by atoms with E-state index in [4.69, 9.17) is 26.1 Å². The molecule has 0 saturated carbocycles. The van der Waals surface area contributed by atoms with E-state index in [2.05, 4.69) is 41.7 Å². The molecule has 1 amide bonds. The number of fused-ring (bicyclic) bond motifs is 2. The topological polar surface area (TPSA) is 168 Å². The molecule has 0 heterocycles. The molecule has 9 nitrogen and oxygen atoms in total. The SMILES string of the molecule is Cc1cc(O)ccc1C[C@H](N)C(=O)N[C@H](CO)CCCN.O=C(O)C(F)(F)F.c1ccc2c(Oc3cccc4ccccc34)cccc2c1. The molecule has 12 heteroatoms. The van der Waals surface area contributed by atoms with Crippen molar-refractivity contribution in [1.82, 2.24) is 5.32 Å². The summed E-state index contributed by atoms with van der Waals surface area (Å²) in [6, 6.07) is 32.8. The highest BCUT2D eigenvalue weighted by Crippen LogP contribution is 2.33. The number of aliphatic hydroxyl groups is 1. The van der Waals surface area contributed by atoms with Crippen LogP contribution in [0.4, 0.5) is 13.2 Å². The summed E-state index contributed by atoms with van der Waals surface area (Å²) in [6.07, 6.45) is -3.34. The molecule has 0 aliphatic carbocycles. The number of halogens is 3. The maximum absolute atomic E-state index is 12.0. The Morgan fingerprint density at radius 2 is 1.37 bits per heavy atom. The van der Waals surface area contributed by atoms with E-state index in [-0.39, 0.29) is 24.3 Å². The van der Waals surface area contributed by atoms with Gasteiger partial charge >= 0.3 is 12.1 Å². The van der Waals surface area contributed by atoms with Crippen molar-refractivity contribution >= 4 is 33.4 Å². The van der Waals surface area contributed by atoms with Gasteiger partial charge in [-0.15, -0.1) is 0 Å². The Morgan fingerprint density at radius 3 is 1.84 bits per heavy atom. The Labute approximate surface area is 281 Å². The summed E-state index contributed by atoms with van der Waals surface area (Å²) in [5.41, 5.74) is 13.1. The van der Waals surface area contributed by atoms with Crippen molar-refractivity contribution in [3.05, 3.63) is 114 Å². The van der Waals surface area contributed by atoms with Crippen LogP contribution >= 0.6 is 0 Å². The molecular formula is C37H40F3N3O6. The predicted molar refractivity (Wildman–Crippen MR) is 183 cm³/mol. The summed E-state index contributed by atoms with van der Waals surface area (Å²) >= 11 is 0. The molecule has 5 rings (SSSR count). The number of hydrogen-bond donors (Lipinski definition) is 6. The number of hydrogen-bond acceptors (Lipinski definition) is 7. The lowest BCUT2D eigenvalue weighted by Gasteiger charge is -2.19. The number of carbonyl (C=O) groups excluding carboxylic acids is 1. The Hall–Kier alpha value is -5.17. The van der Waals surface area contributed by atoms with Crippen molar-refractivity contribution in [3.63, 3.8) is 0 Å². The van der Waals surface area contributed by atoms with Gasteiger partial charge in [0.1, 0.15) is 17.2 Å². The molecule has 0 fully saturated rings. The molecule has 0 aliphatic heterocycles. The molecule has 0 radical (unpaired) electrons. The summed E-state index contributed by atoms with van der Waals surface area (Å²) in [7, 11) is 0. The van der Waals surface area contributed by atoms with E-state index in [1.807, 2.05) is 55.5 Å². The molecular weight excluding hydrogens is 639 g/mol. The van der Waals surface area contributed by atoms with E-state index < -0.39 is 18.2 Å². The van der Waals surface area contributed by atoms with E-state index in [0.29, 0.717) is 19.4 Å². The zero-order chi connectivity index (χ0) is 36.0. The van der Waals surface area contributed by atoms with Gasteiger partial charge in [0.05, 0.1) is 18.7 Å². The van der Waals surface area contributed by atoms with Gasteiger partial charge in [-0.3, -0.25) is 4.79 Å². The summed E-state index contributed by atoms with van der Waals surface area (Å²) in [5, 5.41) is 33.1. The first-order valence-electron chi connectivity index (χ1n) is 15.4. The van der Waals surface area contributed by atoms with Crippen molar-refractivity contribution in [2.45, 2.75) is 44.4 Å². The molecule has 0 spiro atoms. The number of rotatable bonds is 10. The van der Waals surface area contributed by atoms with Crippen LogP contribution in [0.5, 0.6) is 17.2 Å². The molecule has 8 N–H and O–H groups in total. The molecule has 5 aromatic carbocycles. The number of phenols is 1. The van der Waals surface area contributed by atoms with Crippen LogP contribution in [-0.4, -0.2) is 58.6 Å². The number of nitrogens with two attached hydrogens (primary N) is 2. The van der Waals surface area contributed by atoms with Crippen LogP contribution in [0.25, 0.3) is 21.5 Å². The van der Waals surface area contributed by atoms with Gasteiger partial charge in [0.15, 0.2) is 0 Å². The highest BCUT2D eigenvalue weighted by molar-refractivity contribution is 5.91. The third kappa shape index (κ3) is 11.8. The molecule has 0 unspecified atom stereocenters. The fourth-order valence-electron chi connectivity index (χ4n) is 4.81. The van der Waals surface area contributed by atoms with Gasteiger partial charge in [0, 0.05) is 10.8 Å². The Kier molecular flexibility index (Phi) is 14.4. The minimum absolute atomic E-state index is 0.128. The largest absolute Gasteiger partial charge is 0.508 e. The molecule has 49 heavy (non-hydrogen) atoms. The number of alkyl halides is 3. The number of aryl methyl sites for hydroxylation is 1. The van der Waals surface area contributed by atoms with Crippen LogP contribution in [0.3, 0.4) is 0 Å². The van der Waals surface area contributed by atoms with E-state index in [0.717, 1.165) is 39.8 Å². The van der Waals surface area contributed by atoms with Crippen LogP contribution in [-0.2, 0) is 16.0 Å². The van der Waals surface area contributed by atoms with Crippen LogP contribution in [0.1, 0.15) is 24.0 Å². The molecule has 0 bridgehead atoms. The lowest BCUT2D eigenvalue weighted by Crippen LogP contribution is -2.47. The van der Waals surface area contributed by atoms with Crippen molar-refractivity contribution in [1.29, 1.82) is 0 Å². The van der Waals surface area contributed by atoms with Gasteiger partial charge in [-0.2, -0.15) is 13.2 Å². The predicted octanol–water partition coefficient (Wildman–Crippen LogP) is 6.21. The average Bonchev–Trinajstić information content (AvgIpc) is 3.08. The lowest BCUT2D eigenvalue weighted by molar-refractivity contribution is -0.192. The molecule has 0 saturated heterocycles. The zero-order valence-corrected chi connectivity index (χ0v) is 26.9. The first-order chi connectivity index (χ1) is 23.3. The minimum atomic E-state index is -5.08. The highest BCUT2D eigenvalue weighted by atomic mass is 19.4. The van der Waals surface area contributed by atoms with Gasteiger partial charge in [0.2, 0.25) is 5.91 Å². The summed E-state index contributed by atoms with van der Waals surface area (Å²) in [6.45, 7) is 2.25. The molecule has 2 atom stereocenters. The smallest absolute Gasteiger partial charge is 0.490 e. The number of phenolic OH excluding ortho intramolecular Hbond substituents is 1. The van der Waals surface area contributed by atoms with Gasteiger partial charge in [-0.25, -0.2) is 4.79 Å². The van der Waals surface area contributed by atoms with Crippen LogP contribution in [0.15, 0.2) is 103 Å². The molecule has 0 aromatic heterocycles. The number of aromatic hydroxyl groups is 1. The highest BCUT2D eigenvalue weighted by Gasteiger charge is 2.38. The van der Waals surface area contributed by atoms with Crippen molar-refractivity contribution in [2.24, 2.45) is 11.5 Å². The maximum Gasteiger partial charge on any atom is 0.490 e. The number of aliphatic carboxylic acids is 1. The molecule has 5 aromatic rings. The Balaban J connectivity index is 0.000000223. The average molecular weight is 680 g/mol. The summed E-state index contributed by atoms with van der Waals surface area (Å²) in [5.74, 6) is -1.07. The lowest BCUT2D eigenvalue weighted by atomic mass is 10.0. The number of carboxylic acid groups (broad SMARTS) is 1. The second-order valence-electron chi connectivity index (χ2n) is 11.1. The number of nitrogens with one attached hydrogen (secondary N) is 1. The monoisotopic (exact) mass is 679 g/mol. The Bertz CT molecular complexity index is 1750. The zero-order valence-electron chi connectivity index (χ0n) is 26.9. The van der Waals surface area contributed by atoms with Gasteiger partial charge in [-0.1, -0.05) is 78.9 Å². The van der Waals surface area contributed by atoms with E-state index in [9.17, 15) is 28.2 Å². The Morgan fingerprint density at radius 1 is 0.857 bits per heavy atom. The van der Waals surface area contributed by atoms with Gasteiger partial charge < -0.3 is 36.8 Å². The minimum Gasteiger partial charge on any atom is -0.508 e. The van der Waals surface area contributed by atoms with E-state index in [1.54, 1.807) is 18.2 Å². The second kappa shape index (κ2) is 18.4. The molecule has 260 valence electrons. The summed E-state index contributed by atoms with van der Waals surface area (Å²) < 4.78 is 37.9. The number of carboxylic acids is 1. The standard InChI is InChI=1S/C20H14O.C15H25N3O3.C2HF3O2/c1-3-11-17-15(7-1)9-5-13-19(17)21-20-14-6-10-16-8-2-4-12-18(16)20;1-10-7-13(20)5-4-11(10)8-14(17)15(21)18-12(9-19)3-2-6-16;3-2(4,5)1(6)7/h1-14H;4-5,7,12,14,19-20H,2-3,6,8-9,16-17H2,1H3,(H,18,21);(H,6,7)/t;12-,14-;/m.0./s1. The van der Waals surface area contributed by atoms with Crippen LogP contribution < -0.4 is 21.5 Å². The summed E-state index contributed by atoms with van der Waals surface area (Å²) in [4.78, 5) is 20.9. The maximum atomic E-state index is 12.0. The number of ether oxygens (including phenoxy) is 1. The van der Waals surface area contributed by atoms with E-state index >= 15 is 0 Å². The van der Waals surface area contributed by atoms with Crippen LogP contribution in [0.2, 0.25) is 0 Å².